The van der Waals surface area contributed by atoms with Crippen molar-refractivity contribution in [2.45, 2.75) is 13.8 Å². The van der Waals surface area contributed by atoms with Crippen LogP contribution in [0.4, 0.5) is 0 Å². The van der Waals surface area contributed by atoms with Gasteiger partial charge in [0.1, 0.15) is 11.9 Å². The van der Waals surface area contributed by atoms with Crippen LogP contribution in [0.5, 0.6) is 0 Å². The third-order valence-electron chi connectivity index (χ3n) is 2.40. The number of rotatable bonds is 1. The molecule has 1 heterocycles. The van der Waals surface area contributed by atoms with Gasteiger partial charge in [0.15, 0.2) is 5.69 Å². The van der Waals surface area contributed by atoms with Crippen LogP contribution in [0, 0.1) is 25.2 Å². The number of nitriles is 1. The van der Waals surface area contributed by atoms with Crippen LogP contribution in [0.1, 0.15) is 17.2 Å². The molecule has 0 saturated heterocycles. The highest BCUT2D eigenvalue weighted by Gasteiger charge is 2.10. The molecule has 0 N–H and O–H groups in total. The largest absolute Gasteiger partial charge is 0.300 e. The molecule has 0 aliphatic carbocycles. The molecule has 0 saturated carbocycles. The number of benzene rings is 1. The Morgan fingerprint density at radius 2 is 1.87 bits per heavy atom. The van der Waals surface area contributed by atoms with Crippen LogP contribution in [-0.4, -0.2) is 9.55 Å². The van der Waals surface area contributed by atoms with Crippen LogP contribution in [-0.2, 0) is 0 Å². The summed E-state index contributed by atoms with van der Waals surface area (Å²) in [7, 11) is 0. The van der Waals surface area contributed by atoms with E-state index in [0.717, 1.165) is 17.2 Å². The van der Waals surface area contributed by atoms with Gasteiger partial charge in [-0.15, -0.1) is 0 Å². The van der Waals surface area contributed by atoms with Crippen molar-refractivity contribution in [1.29, 1.82) is 5.26 Å². The van der Waals surface area contributed by atoms with Crippen LogP contribution in [0.15, 0.2) is 30.3 Å². The zero-order valence-electron chi connectivity index (χ0n) is 8.73. The van der Waals surface area contributed by atoms with Gasteiger partial charge in [0, 0.05) is 5.69 Å². The van der Waals surface area contributed by atoms with Gasteiger partial charge in [-0.25, -0.2) is 4.98 Å². The SMILES string of the molecule is Cc1nc(C#N)c(C)n1-c1ccccc1. The average Bonchev–Trinajstić information content (AvgIpc) is 2.55. The first-order chi connectivity index (χ1) is 7.24. The van der Waals surface area contributed by atoms with Crippen LogP contribution < -0.4 is 0 Å². The molecule has 0 spiro atoms. The maximum absolute atomic E-state index is 8.88. The topological polar surface area (TPSA) is 41.6 Å². The first-order valence-electron chi connectivity index (χ1n) is 4.75. The lowest BCUT2D eigenvalue weighted by Crippen LogP contribution is -1.98. The van der Waals surface area contributed by atoms with E-state index in [0.29, 0.717) is 5.69 Å². The van der Waals surface area contributed by atoms with Crippen LogP contribution in [0.2, 0.25) is 0 Å². The summed E-state index contributed by atoms with van der Waals surface area (Å²) >= 11 is 0. The maximum atomic E-state index is 8.88. The molecule has 1 aromatic heterocycles. The van der Waals surface area contributed by atoms with Gasteiger partial charge >= 0.3 is 0 Å². The Labute approximate surface area is 88.6 Å². The number of hydrogen-bond donors (Lipinski definition) is 0. The third-order valence-corrected chi connectivity index (χ3v) is 2.40. The van der Waals surface area contributed by atoms with Gasteiger partial charge in [-0.1, -0.05) is 18.2 Å². The average molecular weight is 197 g/mol. The smallest absolute Gasteiger partial charge is 0.162 e. The molecular weight excluding hydrogens is 186 g/mol. The number of para-hydroxylation sites is 1. The van der Waals surface area contributed by atoms with E-state index in [1.54, 1.807) is 0 Å². The monoisotopic (exact) mass is 197 g/mol. The molecule has 0 aliphatic heterocycles. The molecular formula is C12H11N3. The summed E-state index contributed by atoms with van der Waals surface area (Å²) in [6.45, 7) is 3.81. The zero-order chi connectivity index (χ0) is 10.8. The van der Waals surface area contributed by atoms with E-state index in [-0.39, 0.29) is 0 Å². The molecule has 0 amide bonds. The van der Waals surface area contributed by atoms with Crippen molar-refractivity contribution < 1.29 is 0 Å². The Kier molecular flexibility index (Phi) is 2.26. The van der Waals surface area contributed by atoms with Gasteiger partial charge < -0.3 is 0 Å². The molecule has 74 valence electrons. The Hall–Kier alpha value is -2.08. The Morgan fingerprint density at radius 3 is 2.40 bits per heavy atom. The second-order valence-corrected chi connectivity index (χ2v) is 3.38. The van der Waals surface area contributed by atoms with Gasteiger partial charge in [0.25, 0.3) is 0 Å². The van der Waals surface area contributed by atoms with Crippen molar-refractivity contribution in [3.63, 3.8) is 0 Å². The van der Waals surface area contributed by atoms with Crippen molar-refractivity contribution >= 4 is 0 Å². The highest BCUT2D eigenvalue weighted by Crippen LogP contribution is 2.16. The summed E-state index contributed by atoms with van der Waals surface area (Å²) in [5, 5.41) is 8.88. The molecule has 1 aromatic carbocycles. The number of nitrogens with zero attached hydrogens (tertiary/aromatic N) is 3. The molecule has 0 unspecified atom stereocenters. The summed E-state index contributed by atoms with van der Waals surface area (Å²) in [6, 6.07) is 12.0. The third kappa shape index (κ3) is 1.50. The minimum atomic E-state index is 0.497. The number of hydrogen-bond acceptors (Lipinski definition) is 2. The lowest BCUT2D eigenvalue weighted by molar-refractivity contribution is 0.941. The lowest BCUT2D eigenvalue weighted by Gasteiger charge is -2.06. The van der Waals surface area contributed by atoms with E-state index >= 15 is 0 Å². The summed E-state index contributed by atoms with van der Waals surface area (Å²) in [5.41, 5.74) is 2.43. The van der Waals surface area contributed by atoms with Gasteiger partial charge in [-0.2, -0.15) is 5.26 Å². The summed E-state index contributed by atoms with van der Waals surface area (Å²) in [6.07, 6.45) is 0. The number of aryl methyl sites for hydroxylation is 1. The summed E-state index contributed by atoms with van der Waals surface area (Å²) in [5.74, 6) is 0.843. The molecule has 0 fully saturated rings. The van der Waals surface area contributed by atoms with Crippen molar-refractivity contribution in [2.24, 2.45) is 0 Å². The fourth-order valence-electron chi connectivity index (χ4n) is 1.70. The van der Waals surface area contributed by atoms with E-state index < -0.39 is 0 Å². The van der Waals surface area contributed by atoms with Crippen LogP contribution in [0.25, 0.3) is 5.69 Å². The first kappa shape index (κ1) is 9.47. The van der Waals surface area contributed by atoms with Gasteiger partial charge in [0.2, 0.25) is 0 Å². The van der Waals surface area contributed by atoms with Gasteiger partial charge in [0.05, 0.1) is 5.69 Å². The first-order valence-corrected chi connectivity index (χ1v) is 4.75. The van der Waals surface area contributed by atoms with E-state index in [2.05, 4.69) is 11.1 Å². The molecule has 2 aromatic rings. The highest BCUT2D eigenvalue weighted by atomic mass is 15.1. The van der Waals surface area contributed by atoms with Crippen molar-refractivity contribution in [1.82, 2.24) is 9.55 Å². The minimum absolute atomic E-state index is 0.497. The normalized spacial score (nSPS) is 9.93. The molecule has 0 atom stereocenters. The highest BCUT2D eigenvalue weighted by molar-refractivity contribution is 5.40. The number of imidazole rings is 1. The van der Waals surface area contributed by atoms with E-state index in [1.807, 2.05) is 48.7 Å². The molecule has 2 rings (SSSR count). The second-order valence-electron chi connectivity index (χ2n) is 3.38. The maximum Gasteiger partial charge on any atom is 0.162 e. The minimum Gasteiger partial charge on any atom is -0.300 e. The van der Waals surface area contributed by atoms with Crippen LogP contribution >= 0.6 is 0 Å². The van der Waals surface area contributed by atoms with E-state index in [1.165, 1.54) is 0 Å². The summed E-state index contributed by atoms with van der Waals surface area (Å²) in [4.78, 5) is 4.21. The van der Waals surface area contributed by atoms with Gasteiger partial charge in [-0.05, 0) is 26.0 Å². The fourth-order valence-corrected chi connectivity index (χ4v) is 1.70. The molecule has 0 aliphatic rings. The Bertz CT molecular complexity index is 518. The van der Waals surface area contributed by atoms with Crippen molar-refractivity contribution in [2.75, 3.05) is 0 Å². The fraction of sp³-hybridized carbons (Fsp3) is 0.167. The number of aromatic nitrogens is 2. The quantitative estimate of drug-likeness (QED) is 0.704. The molecule has 3 heteroatoms. The predicted octanol–water partition coefficient (Wildman–Crippen LogP) is 2.36. The van der Waals surface area contributed by atoms with Crippen molar-refractivity contribution in [3.05, 3.63) is 47.5 Å². The standard InChI is InChI=1S/C12H11N3/c1-9-12(8-13)14-10(2)15(9)11-6-4-3-5-7-11/h3-7H,1-2H3. The van der Waals surface area contributed by atoms with E-state index in [4.69, 9.17) is 5.26 Å². The van der Waals surface area contributed by atoms with Crippen LogP contribution in [0.3, 0.4) is 0 Å². The summed E-state index contributed by atoms with van der Waals surface area (Å²) < 4.78 is 1.98. The zero-order valence-corrected chi connectivity index (χ0v) is 8.73. The van der Waals surface area contributed by atoms with Gasteiger partial charge in [-0.3, -0.25) is 4.57 Å². The molecule has 0 radical (unpaired) electrons. The molecule has 3 nitrogen and oxygen atoms in total. The van der Waals surface area contributed by atoms with Crippen molar-refractivity contribution in [3.8, 4) is 11.8 Å². The van der Waals surface area contributed by atoms with E-state index in [9.17, 15) is 0 Å². The Balaban J connectivity index is 2.65. The lowest BCUT2D eigenvalue weighted by atomic mass is 10.3. The molecule has 0 bridgehead atoms. The predicted molar refractivity (Wildman–Crippen MR) is 57.8 cm³/mol. The second kappa shape index (κ2) is 3.58. The Morgan fingerprint density at radius 1 is 1.20 bits per heavy atom. The molecule has 15 heavy (non-hydrogen) atoms.